The van der Waals surface area contributed by atoms with Crippen LogP contribution in [0.25, 0.3) is 11.1 Å². The van der Waals surface area contributed by atoms with E-state index in [0.717, 1.165) is 33.4 Å². The molecule has 2 unspecified atom stereocenters. The third-order valence-electron chi connectivity index (χ3n) is 6.06. The second-order valence-corrected chi connectivity index (χ2v) is 8.57. The standard InChI is InChI=1S/C28H23ClN2O3/c1-18-4-2-3-5-24(18)25(17-26(31-34)23-14-15-30-27(29)16-23)21-10-6-19(7-11-21)20-8-12-22(13-9-20)28(32)33/h2-16,25-26H,17H2,1H3,(H,32,33). The van der Waals surface area contributed by atoms with Gasteiger partial charge in [-0.05, 0) is 71.0 Å². The van der Waals surface area contributed by atoms with Crippen molar-refractivity contribution in [3.63, 3.8) is 0 Å². The van der Waals surface area contributed by atoms with Crippen LogP contribution in [0.5, 0.6) is 0 Å². The lowest BCUT2D eigenvalue weighted by molar-refractivity contribution is 0.0697. The Morgan fingerprint density at radius 3 is 2.18 bits per heavy atom. The number of hydrogen-bond donors (Lipinski definition) is 1. The normalized spacial score (nSPS) is 12.6. The van der Waals surface area contributed by atoms with Gasteiger partial charge in [0.1, 0.15) is 11.2 Å². The van der Waals surface area contributed by atoms with Crippen molar-refractivity contribution < 1.29 is 9.90 Å². The molecule has 0 bridgehead atoms. The monoisotopic (exact) mass is 470 g/mol. The van der Waals surface area contributed by atoms with Crippen molar-refractivity contribution in [2.75, 3.05) is 0 Å². The molecule has 1 aromatic heterocycles. The number of benzene rings is 3. The summed E-state index contributed by atoms with van der Waals surface area (Å²) in [6.07, 6.45) is 2.07. The van der Waals surface area contributed by atoms with Gasteiger partial charge in [-0.3, -0.25) is 0 Å². The van der Waals surface area contributed by atoms with Crippen molar-refractivity contribution >= 4 is 17.6 Å². The molecule has 1 heterocycles. The number of pyridine rings is 1. The number of aryl methyl sites for hydroxylation is 1. The molecule has 0 aliphatic heterocycles. The highest BCUT2D eigenvalue weighted by atomic mass is 35.5. The highest BCUT2D eigenvalue weighted by Crippen LogP contribution is 2.38. The summed E-state index contributed by atoms with van der Waals surface area (Å²) in [5.41, 5.74) is 6.24. The summed E-state index contributed by atoms with van der Waals surface area (Å²) in [6, 6.07) is 26.0. The average Bonchev–Trinajstić information content (AvgIpc) is 2.86. The number of rotatable bonds is 8. The Morgan fingerprint density at radius 1 is 0.941 bits per heavy atom. The van der Waals surface area contributed by atoms with Gasteiger partial charge in [-0.2, -0.15) is 4.91 Å². The van der Waals surface area contributed by atoms with Gasteiger partial charge in [0.15, 0.2) is 0 Å². The molecule has 0 spiro atoms. The molecule has 4 rings (SSSR count). The van der Waals surface area contributed by atoms with Crippen LogP contribution in [0.1, 0.15) is 51.0 Å². The summed E-state index contributed by atoms with van der Waals surface area (Å²) >= 11 is 6.06. The molecule has 1 N–H and O–H groups in total. The molecule has 0 saturated carbocycles. The molecule has 0 saturated heterocycles. The number of aromatic nitrogens is 1. The fourth-order valence-corrected chi connectivity index (χ4v) is 4.40. The number of hydrogen-bond acceptors (Lipinski definition) is 4. The van der Waals surface area contributed by atoms with Gasteiger partial charge in [0.25, 0.3) is 0 Å². The van der Waals surface area contributed by atoms with Crippen molar-refractivity contribution in [3.8, 4) is 11.1 Å². The number of nitroso groups, excluding NO2 is 1. The predicted octanol–water partition coefficient (Wildman–Crippen LogP) is 7.44. The summed E-state index contributed by atoms with van der Waals surface area (Å²) in [6.45, 7) is 2.06. The first-order chi connectivity index (χ1) is 16.5. The van der Waals surface area contributed by atoms with Crippen LogP contribution in [0.3, 0.4) is 0 Å². The number of carbonyl (C=O) groups is 1. The third kappa shape index (κ3) is 5.21. The maximum atomic E-state index is 11.9. The van der Waals surface area contributed by atoms with Crippen molar-refractivity contribution in [1.29, 1.82) is 0 Å². The maximum Gasteiger partial charge on any atom is 0.335 e. The first-order valence-electron chi connectivity index (χ1n) is 10.9. The second-order valence-electron chi connectivity index (χ2n) is 8.18. The molecule has 6 heteroatoms. The SMILES string of the molecule is Cc1ccccc1C(CC(N=O)c1ccnc(Cl)c1)c1ccc(-c2ccc(C(=O)O)cc2)cc1. The van der Waals surface area contributed by atoms with Crippen LogP contribution in [0.2, 0.25) is 5.15 Å². The average molecular weight is 471 g/mol. The zero-order valence-electron chi connectivity index (χ0n) is 18.6. The molecular formula is C28H23ClN2O3. The summed E-state index contributed by atoms with van der Waals surface area (Å²) < 4.78 is 0. The Hall–Kier alpha value is -3.83. The van der Waals surface area contributed by atoms with Crippen molar-refractivity contribution in [3.05, 3.63) is 129 Å². The van der Waals surface area contributed by atoms with E-state index in [1.165, 1.54) is 0 Å². The lowest BCUT2D eigenvalue weighted by Crippen LogP contribution is -2.08. The molecule has 0 aliphatic carbocycles. The smallest absolute Gasteiger partial charge is 0.335 e. The number of aromatic carboxylic acids is 1. The van der Waals surface area contributed by atoms with Crippen molar-refractivity contribution in [2.24, 2.45) is 5.18 Å². The van der Waals surface area contributed by atoms with Gasteiger partial charge in [-0.25, -0.2) is 9.78 Å². The van der Waals surface area contributed by atoms with Gasteiger partial charge >= 0.3 is 5.97 Å². The summed E-state index contributed by atoms with van der Waals surface area (Å²) in [7, 11) is 0. The van der Waals surface area contributed by atoms with E-state index in [1.807, 2.05) is 24.3 Å². The Bertz CT molecular complexity index is 1300. The minimum atomic E-state index is -0.947. The Balaban J connectivity index is 1.68. The second kappa shape index (κ2) is 10.4. The van der Waals surface area contributed by atoms with E-state index in [-0.39, 0.29) is 11.5 Å². The van der Waals surface area contributed by atoms with E-state index < -0.39 is 12.0 Å². The maximum absolute atomic E-state index is 11.9. The van der Waals surface area contributed by atoms with E-state index in [9.17, 15) is 9.70 Å². The minimum Gasteiger partial charge on any atom is -0.478 e. The molecule has 0 radical (unpaired) electrons. The fourth-order valence-electron chi connectivity index (χ4n) is 4.22. The molecule has 0 aliphatic rings. The van der Waals surface area contributed by atoms with Gasteiger partial charge in [0.2, 0.25) is 0 Å². The summed E-state index contributed by atoms with van der Waals surface area (Å²) in [5.74, 6) is -1.00. The van der Waals surface area contributed by atoms with Gasteiger partial charge in [0, 0.05) is 12.1 Å². The Morgan fingerprint density at radius 2 is 1.59 bits per heavy atom. The molecule has 0 fully saturated rings. The van der Waals surface area contributed by atoms with Gasteiger partial charge < -0.3 is 5.11 Å². The van der Waals surface area contributed by atoms with Crippen molar-refractivity contribution in [2.45, 2.75) is 25.3 Å². The quantitative estimate of drug-likeness (QED) is 0.214. The molecule has 170 valence electrons. The van der Waals surface area contributed by atoms with Crippen LogP contribution in [-0.4, -0.2) is 16.1 Å². The molecule has 3 aromatic carbocycles. The van der Waals surface area contributed by atoms with Crippen LogP contribution in [0, 0.1) is 11.8 Å². The van der Waals surface area contributed by atoms with Crippen LogP contribution < -0.4 is 0 Å². The Kier molecular flexibility index (Phi) is 7.14. The zero-order chi connectivity index (χ0) is 24.1. The zero-order valence-corrected chi connectivity index (χ0v) is 19.3. The number of nitrogens with zero attached hydrogens (tertiary/aromatic N) is 2. The van der Waals surface area contributed by atoms with Crippen LogP contribution >= 0.6 is 11.6 Å². The van der Waals surface area contributed by atoms with E-state index in [0.29, 0.717) is 11.6 Å². The highest BCUT2D eigenvalue weighted by Gasteiger charge is 2.23. The predicted molar refractivity (Wildman–Crippen MR) is 134 cm³/mol. The van der Waals surface area contributed by atoms with Crippen LogP contribution in [-0.2, 0) is 0 Å². The number of carboxylic acids is 1. The molecule has 34 heavy (non-hydrogen) atoms. The van der Waals surface area contributed by atoms with E-state index >= 15 is 0 Å². The third-order valence-corrected chi connectivity index (χ3v) is 6.27. The van der Waals surface area contributed by atoms with Gasteiger partial charge in [-0.15, -0.1) is 0 Å². The van der Waals surface area contributed by atoms with Crippen LogP contribution in [0.15, 0.2) is 96.3 Å². The topological polar surface area (TPSA) is 79.6 Å². The molecule has 2 atom stereocenters. The molecule has 5 nitrogen and oxygen atoms in total. The number of halogens is 1. The van der Waals surface area contributed by atoms with E-state index in [1.54, 1.807) is 42.6 Å². The molecule has 0 amide bonds. The first-order valence-corrected chi connectivity index (χ1v) is 11.3. The largest absolute Gasteiger partial charge is 0.478 e. The van der Waals surface area contributed by atoms with Crippen molar-refractivity contribution in [1.82, 2.24) is 4.98 Å². The number of carboxylic acid groups (broad SMARTS) is 1. The first kappa shape index (κ1) is 23.3. The van der Waals surface area contributed by atoms with E-state index in [4.69, 9.17) is 16.7 Å². The van der Waals surface area contributed by atoms with Gasteiger partial charge in [0.05, 0.1) is 5.56 Å². The summed E-state index contributed by atoms with van der Waals surface area (Å²) in [5, 5.41) is 12.9. The van der Waals surface area contributed by atoms with E-state index in [2.05, 4.69) is 41.4 Å². The van der Waals surface area contributed by atoms with Crippen LogP contribution in [0.4, 0.5) is 0 Å². The highest BCUT2D eigenvalue weighted by molar-refractivity contribution is 6.29. The fraction of sp³-hybridized carbons (Fsp3) is 0.143. The minimum absolute atomic E-state index is 0.0562. The Labute approximate surface area is 203 Å². The lowest BCUT2D eigenvalue weighted by atomic mass is 9.82. The molecular weight excluding hydrogens is 448 g/mol. The lowest BCUT2D eigenvalue weighted by Gasteiger charge is -2.23. The molecule has 4 aromatic rings. The summed E-state index contributed by atoms with van der Waals surface area (Å²) in [4.78, 5) is 27.0. The van der Waals surface area contributed by atoms with Gasteiger partial charge in [-0.1, -0.05) is 77.4 Å².